The molecule has 4 rings (SSSR count). The summed E-state index contributed by atoms with van der Waals surface area (Å²) in [7, 11) is 5.38. The number of carbonyl (C=O) groups excluding carboxylic acids is 1. The van der Waals surface area contributed by atoms with Crippen LogP contribution in [0.15, 0.2) is 30.6 Å². The lowest BCUT2D eigenvalue weighted by atomic mass is 10.1. The van der Waals surface area contributed by atoms with Crippen LogP contribution in [0, 0.1) is 0 Å². The highest BCUT2D eigenvalue weighted by atomic mass is 16.5. The average molecular weight is 427 g/mol. The van der Waals surface area contributed by atoms with Crippen molar-refractivity contribution in [3.8, 4) is 5.75 Å². The number of aromatic nitrogens is 4. The number of nitrogens with one attached hydrogen (secondary N) is 1. The molecule has 0 bridgehead atoms. The zero-order valence-electron chi connectivity index (χ0n) is 18.4. The molecule has 1 aliphatic heterocycles. The number of carbonyl (C=O) groups is 1. The molecule has 0 saturated carbocycles. The Morgan fingerprint density at radius 2 is 2.16 bits per heavy atom. The third-order valence-electron chi connectivity index (χ3n) is 5.91. The summed E-state index contributed by atoms with van der Waals surface area (Å²) in [6.45, 7) is 3.55. The van der Waals surface area contributed by atoms with E-state index < -0.39 is 0 Å². The van der Waals surface area contributed by atoms with E-state index in [2.05, 4.69) is 50.5 Å². The van der Waals surface area contributed by atoms with Crippen LogP contribution >= 0.6 is 0 Å². The van der Waals surface area contributed by atoms with E-state index >= 15 is 0 Å². The fraction of sp³-hybridized carbons (Fsp3) is 0.500. The van der Waals surface area contributed by atoms with E-state index in [1.54, 1.807) is 25.1 Å². The van der Waals surface area contributed by atoms with Gasteiger partial charge < -0.3 is 19.4 Å². The van der Waals surface area contributed by atoms with Gasteiger partial charge in [0, 0.05) is 50.4 Å². The molecule has 9 heteroatoms. The lowest BCUT2D eigenvalue weighted by Crippen LogP contribution is -2.32. The Bertz CT molecular complexity index is 1040. The number of likely N-dealkylation sites (tertiary alicyclic amines) is 1. The first-order valence-corrected chi connectivity index (χ1v) is 10.6. The van der Waals surface area contributed by atoms with Gasteiger partial charge in [0.2, 0.25) is 0 Å². The summed E-state index contributed by atoms with van der Waals surface area (Å²) in [5.41, 5.74) is 2.83. The van der Waals surface area contributed by atoms with E-state index in [0.717, 1.165) is 31.7 Å². The highest BCUT2D eigenvalue weighted by Gasteiger charge is 2.26. The predicted molar refractivity (Wildman–Crippen MR) is 117 cm³/mol. The smallest absolute Gasteiger partial charge is 0.273 e. The molecule has 1 saturated heterocycles. The number of nitrogens with zero attached hydrogens (tertiary/aromatic N) is 5. The molecule has 1 aliphatic rings. The van der Waals surface area contributed by atoms with Gasteiger partial charge in [0.05, 0.1) is 26.5 Å². The number of methoxy groups -OCH3 is 2. The molecule has 0 spiro atoms. The monoisotopic (exact) mass is 426 g/mol. The summed E-state index contributed by atoms with van der Waals surface area (Å²) < 4.78 is 14.3. The van der Waals surface area contributed by atoms with Gasteiger partial charge in [-0.05, 0) is 43.1 Å². The van der Waals surface area contributed by atoms with E-state index in [-0.39, 0.29) is 5.91 Å². The molecule has 2 aromatic heterocycles. The molecule has 1 N–H and O–H groups in total. The Hall–Kier alpha value is -2.91. The summed E-state index contributed by atoms with van der Waals surface area (Å²) in [6.07, 6.45) is 6.18. The molecule has 1 fully saturated rings. The number of hydrogen-bond acceptors (Lipinski definition) is 6. The second-order valence-electron chi connectivity index (χ2n) is 7.99. The summed E-state index contributed by atoms with van der Waals surface area (Å²) in [5, 5.41) is 12.2. The molecule has 1 aromatic carbocycles. The summed E-state index contributed by atoms with van der Waals surface area (Å²) in [6, 6.07) is 6.57. The third-order valence-corrected chi connectivity index (χ3v) is 5.91. The molecule has 9 nitrogen and oxygen atoms in total. The van der Waals surface area contributed by atoms with Crippen LogP contribution in [-0.2, 0) is 24.9 Å². The van der Waals surface area contributed by atoms with Crippen LogP contribution in [0.5, 0.6) is 5.75 Å². The largest absolute Gasteiger partial charge is 0.497 e. The minimum absolute atomic E-state index is 0.226. The number of amides is 1. The second-order valence-corrected chi connectivity index (χ2v) is 7.99. The first-order valence-electron chi connectivity index (χ1n) is 10.6. The molecule has 1 amide bonds. The lowest BCUT2D eigenvalue weighted by Gasteiger charge is -2.24. The fourth-order valence-electron chi connectivity index (χ4n) is 4.30. The molecular weight excluding hydrogens is 396 g/mol. The summed E-state index contributed by atoms with van der Waals surface area (Å²) >= 11 is 0. The number of hydrogen-bond donors (Lipinski definition) is 1. The predicted octanol–water partition coefficient (Wildman–Crippen LogP) is 1.82. The molecule has 0 unspecified atom stereocenters. The standard InChI is InChI=1S/C22H30N6O3/c1-26-12-16(19-11-18(31-3)6-7-21(19)26)13-27-9-4-5-17(27)14-28-15-20(24-25-28)22(29)23-8-10-30-2/h6-7,11-12,15,17H,4-5,8-10,13-14H2,1-3H3,(H,23,29)/t17-/m0/s1. The Kier molecular flexibility index (Phi) is 6.53. The zero-order chi connectivity index (χ0) is 21.8. The Morgan fingerprint density at radius 1 is 1.29 bits per heavy atom. The lowest BCUT2D eigenvalue weighted by molar-refractivity contribution is 0.0932. The van der Waals surface area contributed by atoms with Crippen molar-refractivity contribution in [3.63, 3.8) is 0 Å². The van der Waals surface area contributed by atoms with Crippen molar-refractivity contribution in [3.05, 3.63) is 41.9 Å². The van der Waals surface area contributed by atoms with Crippen molar-refractivity contribution in [2.75, 3.05) is 33.9 Å². The minimum Gasteiger partial charge on any atom is -0.497 e. The van der Waals surface area contributed by atoms with E-state index in [9.17, 15) is 4.79 Å². The van der Waals surface area contributed by atoms with Crippen molar-refractivity contribution in [2.45, 2.75) is 32.0 Å². The topological polar surface area (TPSA) is 86.4 Å². The number of fused-ring (bicyclic) bond motifs is 1. The number of ether oxygens (including phenoxy) is 2. The maximum atomic E-state index is 12.1. The van der Waals surface area contributed by atoms with E-state index in [0.29, 0.717) is 31.4 Å². The van der Waals surface area contributed by atoms with Gasteiger partial charge in [-0.1, -0.05) is 5.21 Å². The van der Waals surface area contributed by atoms with Gasteiger partial charge in [0.15, 0.2) is 5.69 Å². The van der Waals surface area contributed by atoms with Crippen LogP contribution in [0.4, 0.5) is 0 Å². The van der Waals surface area contributed by atoms with Crippen LogP contribution in [0.3, 0.4) is 0 Å². The van der Waals surface area contributed by atoms with Gasteiger partial charge in [0.25, 0.3) is 5.91 Å². The summed E-state index contributed by atoms with van der Waals surface area (Å²) in [5.74, 6) is 0.646. The zero-order valence-corrected chi connectivity index (χ0v) is 18.4. The van der Waals surface area contributed by atoms with Gasteiger partial charge in [-0.2, -0.15) is 0 Å². The molecule has 3 heterocycles. The van der Waals surface area contributed by atoms with Gasteiger partial charge in [-0.3, -0.25) is 14.4 Å². The quantitative estimate of drug-likeness (QED) is 0.526. The van der Waals surface area contributed by atoms with Crippen molar-refractivity contribution in [1.29, 1.82) is 0 Å². The molecule has 0 aliphatic carbocycles. The van der Waals surface area contributed by atoms with Crippen LogP contribution in [0.25, 0.3) is 10.9 Å². The van der Waals surface area contributed by atoms with E-state index in [1.807, 2.05) is 6.07 Å². The molecule has 166 valence electrons. The molecule has 31 heavy (non-hydrogen) atoms. The van der Waals surface area contributed by atoms with E-state index in [4.69, 9.17) is 9.47 Å². The highest BCUT2D eigenvalue weighted by Crippen LogP contribution is 2.29. The first-order chi connectivity index (χ1) is 15.1. The second kappa shape index (κ2) is 9.49. The van der Waals surface area contributed by atoms with Crippen LogP contribution in [0.1, 0.15) is 28.9 Å². The third kappa shape index (κ3) is 4.72. The number of rotatable bonds is 9. The molecule has 1 atom stereocenters. The van der Waals surface area contributed by atoms with Crippen molar-refractivity contribution in [1.82, 2.24) is 29.8 Å². The summed E-state index contributed by atoms with van der Waals surface area (Å²) in [4.78, 5) is 14.6. The minimum atomic E-state index is -0.226. The maximum Gasteiger partial charge on any atom is 0.273 e. The van der Waals surface area contributed by atoms with Crippen molar-refractivity contribution in [2.24, 2.45) is 7.05 Å². The van der Waals surface area contributed by atoms with Crippen molar-refractivity contribution >= 4 is 16.8 Å². The van der Waals surface area contributed by atoms with Gasteiger partial charge in [-0.15, -0.1) is 5.10 Å². The normalized spacial score (nSPS) is 16.8. The number of benzene rings is 1. The molecular formula is C22H30N6O3. The van der Waals surface area contributed by atoms with Crippen LogP contribution < -0.4 is 10.1 Å². The van der Waals surface area contributed by atoms with E-state index in [1.165, 1.54) is 16.5 Å². The van der Waals surface area contributed by atoms with Crippen molar-refractivity contribution < 1.29 is 14.3 Å². The molecule has 0 radical (unpaired) electrons. The Balaban J connectivity index is 1.43. The average Bonchev–Trinajstić information content (AvgIpc) is 3.49. The van der Waals surface area contributed by atoms with Crippen LogP contribution in [0.2, 0.25) is 0 Å². The maximum absolute atomic E-state index is 12.1. The van der Waals surface area contributed by atoms with Crippen LogP contribution in [-0.4, -0.2) is 70.3 Å². The fourth-order valence-corrected chi connectivity index (χ4v) is 4.30. The highest BCUT2D eigenvalue weighted by molar-refractivity contribution is 5.91. The van der Waals surface area contributed by atoms with Gasteiger partial charge in [-0.25, -0.2) is 0 Å². The van der Waals surface area contributed by atoms with Gasteiger partial charge in [0.1, 0.15) is 5.75 Å². The van der Waals surface area contributed by atoms with Gasteiger partial charge >= 0.3 is 0 Å². The number of aryl methyl sites for hydroxylation is 1. The molecule has 3 aromatic rings. The SMILES string of the molecule is COCCNC(=O)c1cn(C[C@@H]2CCCN2Cc2cn(C)c3ccc(OC)cc23)nn1. The Morgan fingerprint density at radius 3 is 2.97 bits per heavy atom. The Labute approximate surface area is 181 Å². The first kappa shape index (κ1) is 21.3.